The van der Waals surface area contributed by atoms with Gasteiger partial charge in [0, 0.05) is 12.8 Å². The second-order valence-electron chi connectivity index (χ2n) is 11.6. The Labute approximate surface area is 259 Å². The summed E-state index contributed by atoms with van der Waals surface area (Å²) in [5.74, 6) is -0.584. The van der Waals surface area contributed by atoms with E-state index in [1.165, 1.54) is 77.0 Å². The molecular weight excluding hydrogens is 524 g/mol. The van der Waals surface area contributed by atoms with Crippen LogP contribution >= 0.6 is 0 Å². The molecule has 244 valence electrons. The number of unbranched alkanes of at least 4 members (excludes halogenated alkanes) is 17. The summed E-state index contributed by atoms with van der Waals surface area (Å²) in [6, 6.07) is 0. The van der Waals surface area contributed by atoms with Crippen molar-refractivity contribution in [3.63, 3.8) is 0 Å². The van der Waals surface area contributed by atoms with Crippen molar-refractivity contribution in [3.8, 4) is 0 Å². The third-order valence-electron chi connectivity index (χ3n) is 7.39. The van der Waals surface area contributed by atoms with Gasteiger partial charge in [-0.25, -0.2) is 0 Å². The summed E-state index contributed by atoms with van der Waals surface area (Å²) >= 11 is 0. The molecule has 0 saturated heterocycles. The van der Waals surface area contributed by atoms with E-state index in [2.05, 4.69) is 50.3 Å². The number of ether oxygens (including phenoxy) is 2. The van der Waals surface area contributed by atoms with Gasteiger partial charge in [-0.05, 0) is 44.9 Å². The van der Waals surface area contributed by atoms with E-state index in [-0.39, 0.29) is 25.2 Å². The van der Waals surface area contributed by atoms with Gasteiger partial charge < -0.3 is 14.6 Å². The Balaban J connectivity index is 3.47. The van der Waals surface area contributed by atoms with E-state index in [0.29, 0.717) is 12.8 Å². The molecule has 0 fully saturated rings. The zero-order valence-corrected chi connectivity index (χ0v) is 27.5. The molecule has 1 unspecified atom stereocenters. The minimum absolute atomic E-state index is 0.119. The first-order valence-corrected chi connectivity index (χ1v) is 17.5. The van der Waals surface area contributed by atoms with E-state index in [1.54, 1.807) is 0 Å². The molecule has 0 radical (unpaired) electrons. The van der Waals surface area contributed by atoms with Gasteiger partial charge in [0.25, 0.3) is 0 Å². The number of allylic oxidation sites excluding steroid dienone is 6. The van der Waals surface area contributed by atoms with E-state index < -0.39 is 6.10 Å². The number of carbonyl (C=O) groups excluding carboxylic acids is 2. The lowest BCUT2D eigenvalue weighted by Gasteiger charge is -2.12. The van der Waals surface area contributed by atoms with Crippen molar-refractivity contribution in [2.45, 2.75) is 174 Å². The number of hydrogen-bond donors (Lipinski definition) is 1. The summed E-state index contributed by atoms with van der Waals surface area (Å²) in [6.45, 7) is 4.16. The Morgan fingerprint density at radius 3 is 1.36 bits per heavy atom. The molecule has 0 aliphatic heterocycles. The second kappa shape index (κ2) is 33.6. The second-order valence-corrected chi connectivity index (χ2v) is 11.6. The maximum absolute atomic E-state index is 11.9. The Kier molecular flexibility index (Phi) is 32.1. The molecule has 0 heterocycles. The quantitative estimate of drug-likeness (QED) is 0.0494. The third-order valence-corrected chi connectivity index (χ3v) is 7.39. The summed E-state index contributed by atoms with van der Waals surface area (Å²) in [4.78, 5) is 23.8. The normalized spacial score (nSPS) is 12.5. The summed E-state index contributed by atoms with van der Waals surface area (Å²) in [5.41, 5.74) is 0. The predicted octanol–water partition coefficient (Wildman–Crippen LogP) is 10.5. The molecule has 0 spiro atoms. The lowest BCUT2D eigenvalue weighted by Crippen LogP contribution is -2.25. The fourth-order valence-electron chi connectivity index (χ4n) is 4.75. The van der Waals surface area contributed by atoms with Crippen molar-refractivity contribution in [2.24, 2.45) is 0 Å². The highest BCUT2D eigenvalue weighted by Gasteiger charge is 2.12. The van der Waals surface area contributed by atoms with Crippen molar-refractivity contribution in [1.82, 2.24) is 0 Å². The van der Waals surface area contributed by atoms with E-state index in [1.807, 2.05) is 0 Å². The lowest BCUT2D eigenvalue weighted by atomic mass is 10.0. The van der Waals surface area contributed by atoms with Crippen molar-refractivity contribution < 1.29 is 24.2 Å². The minimum atomic E-state index is -0.967. The molecule has 0 rings (SSSR count). The molecule has 0 aliphatic rings. The van der Waals surface area contributed by atoms with Crippen molar-refractivity contribution >= 4 is 11.9 Å². The highest BCUT2D eigenvalue weighted by Crippen LogP contribution is 2.13. The molecule has 0 aromatic heterocycles. The first-order valence-electron chi connectivity index (χ1n) is 17.5. The standard InChI is InChI=1S/C37H66O5/c1-3-5-7-9-11-13-15-17-18-20-22-24-26-28-30-32-37(40)42-34-35(38)33-41-36(39)31-29-27-25-23-21-19-16-14-12-10-8-6-4-2/h5,7,11,13,17-18,35,38H,3-4,6,8-10,12,14-16,19-34H2,1-2H3/b7-5-,13-11-,18-17-. The molecule has 0 aromatic carbocycles. The van der Waals surface area contributed by atoms with Crippen LogP contribution in [0.25, 0.3) is 0 Å². The molecule has 5 heteroatoms. The summed E-state index contributed by atoms with van der Waals surface area (Å²) in [6.07, 6.45) is 39.0. The van der Waals surface area contributed by atoms with E-state index in [0.717, 1.165) is 64.2 Å². The Bertz CT molecular complexity index is 682. The fraction of sp³-hybridized carbons (Fsp3) is 0.784. The number of hydrogen-bond acceptors (Lipinski definition) is 5. The zero-order chi connectivity index (χ0) is 30.8. The number of carbonyl (C=O) groups is 2. The largest absolute Gasteiger partial charge is 0.463 e. The average molecular weight is 591 g/mol. The number of esters is 2. The van der Waals surface area contributed by atoms with Crippen LogP contribution in [0.3, 0.4) is 0 Å². The van der Waals surface area contributed by atoms with E-state index in [4.69, 9.17) is 9.47 Å². The maximum Gasteiger partial charge on any atom is 0.305 e. The number of aliphatic hydroxyl groups is 1. The van der Waals surface area contributed by atoms with Gasteiger partial charge in [0.05, 0.1) is 0 Å². The van der Waals surface area contributed by atoms with Gasteiger partial charge in [-0.15, -0.1) is 0 Å². The minimum Gasteiger partial charge on any atom is -0.463 e. The van der Waals surface area contributed by atoms with Crippen LogP contribution in [0, 0.1) is 0 Å². The topological polar surface area (TPSA) is 72.8 Å². The Morgan fingerprint density at radius 1 is 0.524 bits per heavy atom. The van der Waals surface area contributed by atoms with Crippen LogP contribution in [-0.2, 0) is 19.1 Å². The van der Waals surface area contributed by atoms with Gasteiger partial charge in [0.1, 0.15) is 19.3 Å². The smallest absolute Gasteiger partial charge is 0.305 e. The summed E-state index contributed by atoms with van der Waals surface area (Å²) in [5, 5.41) is 9.97. The summed E-state index contributed by atoms with van der Waals surface area (Å²) in [7, 11) is 0. The van der Waals surface area contributed by atoms with Gasteiger partial charge in [0.15, 0.2) is 0 Å². The number of aliphatic hydroxyl groups excluding tert-OH is 1. The van der Waals surface area contributed by atoms with Crippen molar-refractivity contribution in [1.29, 1.82) is 0 Å². The maximum atomic E-state index is 11.9. The molecule has 0 amide bonds. The molecule has 0 aromatic rings. The van der Waals surface area contributed by atoms with Gasteiger partial charge >= 0.3 is 11.9 Å². The zero-order valence-electron chi connectivity index (χ0n) is 27.5. The summed E-state index contributed by atoms with van der Waals surface area (Å²) < 4.78 is 10.3. The highest BCUT2D eigenvalue weighted by atomic mass is 16.6. The average Bonchev–Trinajstić information content (AvgIpc) is 2.99. The van der Waals surface area contributed by atoms with Crippen LogP contribution in [-0.4, -0.2) is 36.4 Å². The third kappa shape index (κ3) is 32.6. The van der Waals surface area contributed by atoms with Crippen LogP contribution < -0.4 is 0 Å². The lowest BCUT2D eigenvalue weighted by molar-refractivity contribution is -0.152. The van der Waals surface area contributed by atoms with Gasteiger partial charge in [-0.2, -0.15) is 0 Å². The van der Waals surface area contributed by atoms with Crippen molar-refractivity contribution in [2.75, 3.05) is 13.2 Å². The SMILES string of the molecule is CC/C=C\C/C=C\C/C=C\CCCCCCCC(=O)OCC(O)COC(=O)CCCCCCCCCCCCCCC. The molecule has 5 nitrogen and oxygen atoms in total. The molecule has 1 atom stereocenters. The monoisotopic (exact) mass is 590 g/mol. The van der Waals surface area contributed by atoms with E-state index in [9.17, 15) is 14.7 Å². The Hall–Kier alpha value is -1.88. The highest BCUT2D eigenvalue weighted by molar-refractivity contribution is 5.69. The molecular formula is C37H66O5. The first kappa shape index (κ1) is 40.1. The predicted molar refractivity (Wildman–Crippen MR) is 178 cm³/mol. The molecule has 0 saturated carbocycles. The molecule has 1 N–H and O–H groups in total. The van der Waals surface area contributed by atoms with Gasteiger partial charge in [0.2, 0.25) is 0 Å². The molecule has 0 aliphatic carbocycles. The van der Waals surface area contributed by atoms with Gasteiger partial charge in [-0.3, -0.25) is 9.59 Å². The van der Waals surface area contributed by atoms with Crippen LogP contribution in [0.1, 0.15) is 168 Å². The first-order chi connectivity index (χ1) is 20.6. The van der Waals surface area contributed by atoms with Crippen LogP contribution in [0.15, 0.2) is 36.5 Å². The molecule has 0 bridgehead atoms. The van der Waals surface area contributed by atoms with Crippen molar-refractivity contribution in [3.05, 3.63) is 36.5 Å². The van der Waals surface area contributed by atoms with Crippen LogP contribution in [0.4, 0.5) is 0 Å². The van der Waals surface area contributed by atoms with E-state index >= 15 is 0 Å². The number of rotatable bonds is 31. The van der Waals surface area contributed by atoms with Gasteiger partial charge in [-0.1, -0.05) is 147 Å². The van der Waals surface area contributed by atoms with Crippen LogP contribution in [0.2, 0.25) is 0 Å². The Morgan fingerprint density at radius 2 is 0.905 bits per heavy atom. The molecule has 42 heavy (non-hydrogen) atoms. The van der Waals surface area contributed by atoms with Crippen LogP contribution in [0.5, 0.6) is 0 Å². The fourth-order valence-corrected chi connectivity index (χ4v) is 4.75.